The van der Waals surface area contributed by atoms with Crippen molar-refractivity contribution in [3.8, 4) is 0 Å². The van der Waals surface area contributed by atoms with Crippen LogP contribution in [0.25, 0.3) is 10.9 Å². The molecular weight excluding hydrogens is 268 g/mol. The maximum Gasteiger partial charge on any atom is 0.270 e. The van der Waals surface area contributed by atoms with Crippen molar-refractivity contribution in [1.29, 1.82) is 0 Å². The van der Waals surface area contributed by atoms with Gasteiger partial charge in [0.1, 0.15) is 0 Å². The van der Waals surface area contributed by atoms with Crippen molar-refractivity contribution in [1.82, 2.24) is 4.98 Å². The number of ketones is 1. The predicted molar refractivity (Wildman–Crippen MR) is 80.5 cm³/mol. The van der Waals surface area contributed by atoms with Crippen molar-refractivity contribution in [3.05, 3.63) is 40.1 Å². The van der Waals surface area contributed by atoms with E-state index in [-0.39, 0.29) is 17.4 Å². The van der Waals surface area contributed by atoms with Gasteiger partial charge in [-0.05, 0) is 18.9 Å². The first kappa shape index (κ1) is 13.8. The van der Waals surface area contributed by atoms with Gasteiger partial charge in [0.05, 0.1) is 4.92 Å². The van der Waals surface area contributed by atoms with Crippen molar-refractivity contribution in [2.24, 2.45) is 5.92 Å². The highest BCUT2D eigenvalue weighted by atomic mass is 16.6. The third kappa shape index (κ3) is 2.68. The van der Waals surface area contributed by atoms with Gasteiger partial charge >= 0.3 is 0 Å². The van der Waals surface area contributed by atoms with Crippen LogP contribution >= 0.6 is 0 Å². The number of carbonyl (C=O) groups is 1. The molecule has 1 saturated carbocycles. The van der Waals surface area contributed by atoms with Crippen LogP contribution in [0.1, 0.15) is 48.9 Å². The van der Waals surface area contributed by atoms with Gasteiger partial charge in [-0.25, -0.2) is 0 Å². The number of fused-ring (bicyclic) bond motifs is 1. The van der Waals surface area contributed by atoms with Crippen molar-refractivity contribution in [2.45, 2.75) is 38.5 Å². The van der Waals surface area contributed by atoms with E-state index >= 15 is 0 Å². The number of Topliss-reactive ketones (excluding diaryl/α,β-unsaturated/α-hetero) is 1. The third-order valence-electron chi connectivity index (χ3n) is 4.37. The number of rotatable bonds is 3. The number of nitrogens with one attached hydrogen (secondary N) is 1. The highest BCUT2D eigenvalue weighted by Gasteiger charge is 2.24. The molecule has 1 aliphatic rings. The van der Waals surface area contributed by atoms with Crippen LogP contribution in [-0.2, 0) is 0 Å². The molecule has 21 heavy (non-hydrogen) atoms. The fourth-order valence-corrected chi connectivity index (χ4v) is 3.19. The summed E-state index contributed by atoms with van der Waals surface area (Å²) in [5.41, 5.74) is 1.40. The normalized spacial score (nSPS) is 16.8. The number of benzene rings is 1. The molecule has 1 N–H and O–H groups in total. The zero-order valence-electron chi connectivity index (χ0n) is 11.8. The van der Waals surface area contributed by atoms with Crippen molar-refractivity contribution in [2.75, 3.05) is 0 Å². The maximum atomic E-state index is 12.7. The van der Waals surface area contributed by atoms with Crippen LogP contribution < -0.4 is 0 Å². The van der Waals surface area contributed by atoms with E-state index in [9.17, 15) is 14.9 Å². The van der Waals surface area contributed by atoms with E-state index in [1.807, 2.05) is 0 Å². The van der Waals surface area contributed by atoms with Gasteiger partial charge in [0.15, 0.2) is 5.78 Å². The topological polar surface area (TPSA) is 76.0 Å². The lowest BCUT2D eigenvalue weighted by molar-refractivity contribution is -0.384. The molecule has 0 saturated heterocycles. The summed E-state index contributed by atoms with van der Waals surface area (Å²) in [6.07, 6.45) is 8.15. The van der Waals surface area contributed by atoms with Gasteiger partial charge in [0.2, 0.25) is 0 Å². The molecule has 1 aromatic heterocycles. The average Bonchev–Trinajstić information content (AvgIpc) is 2.71. The number of aromatic amines is 1. The maximum absolute atomic E-state index is 12.7. The van der Waals surface area contributed by atoms with E-state index < -0.39 is 4.92 Å². The van der Waals surface area contributed by atoms with Gasteiger partial charge in [0, 0.05) is 40.7 Å². The molecule has 0 aliphatic heterocycles. The van der Waals surface area contributed by atoms with E-state index in [1.165, 1.54) is 25.0 Å². The molecular formula is C16H18N2O3. The summed E-state index contributed by atoms with van der Waals surface area (Å²) in [5.74, 6) is 0.189. The van der Waals surface area contributed by atoms with Crippen molar-refractivity contribution < 1.29 is 9.72 Å². The van der Waals surface area contributed by atoms with E-state index in [2.05, 4.69) is 4.98 Å². The molecule has 0 radical (unpaired) electrons. The van der Waals surface area contributed by atoms with Gasteiger partial charge in [-0.2, -0.15) is 0 Å². The number of hydrogen-bond donors (Lipinski definition) is 1. The predicted octanol–water partition coefficient (Wildman–Crippen LogP) is 4.23. The summed E-state index contributed by atoms with van der Waals surface area (Å²) in [6.45, 7) is 0. The summed E-state index contributed by atoms with van der Waals surface area (Å²) in [7, 11) is 0. The van der Waals surface area contributed by atoms with Crippen LogP contribution in [0.15, 0.2) is 24.4 Å². The van der Waals surface area contributed by atoms with Gasteiger partial charge in [-0.1, -0.05) is 25.7 Å². The van der Waals surface area contributed by atoms with Gasteiger partial charge in [-0.15, -0.1) is 0 Å². The first-order chi connectivity index (χ1) is 10.2. The summed E-state index contributed by atoms with van der Waals surface area (Å²) in [4.78, 5) is 26.2. The minimum absolute atomic E-state index is 0.0250. The number of H-pyrrole nitrogens is 1. The first-order valence-electron chi connectivity index (χ1n) is 7.46. The molecule has 5 nitrogen and oxygen atoms in total. The molecule has 5 heteroatoms. The molecule has 0 unspecified atom stereocenters. The van der Waals surface area contributed by atoms with Gasteiger partial charge < -0.3 is 4.98 Å². The summed E-state index contributed by atoms with van der Waals surface area (Å²) >= 11 is 0. The van der Waals surface area contributed by atoms with E-state index in [0.717, 1.165) is 31.2 Å². The quantitative estimate of drug-likeness (QED) is 0.397. The number of nitro benzene ring substituents is 1. The molecule has 2 aromatic rings. The Morgan fingerprint density at radius 2 is 1.90 bits per heavy atom. The lowest BCUT2D eigenvalue weighted by atomic mass is 9.91. The zero-order chi connectivity index (χ0) is 14.8. The minimum Gasteiger partial charge on any atom is -0.360 e. The average molecular weight is 286 g/mol. The largest absolute Gasteiger partial charge is 0.360 e. The second-order valence-electron chi connectivity index (χ2n) is 5.74. The van der Waals surface area contributed by atoms with E-state index in [1.54, 1.807) is 12.3 Å². The molecule has 110 valence electrons. The number of aromatic nitrogens is 1. The summed E-state index contributed by atoms with van der Waals surface area (Å²) in [5, 5.41) is 11.6. The Morgan fingerprint density at radius 1 is 1.19 bits per heavy atom. The first-order valence-corrected chi connectivity index (χ1v) is 7.46. The Bertz CT molecular complexity index is 682. The second-order valence-corrected chi connectivity index (χ2v) is 5.74. The van der Waals surface area contributed by atoms with Crippen molar-refractivity contribution >= 4 is 22.4 Å². The van der Waals surface area contributed by atoms with Gasteiger partial charge in [-0.3, -0.25) is 14.9 Å². The summed E-state index contributed by atoms with van der Waals surface area (Å²) in [6, 6.07) is 4.62. The van der Waals surface area contributed by atoms with Crippen molar-refractivity contribution in [3.63, 3.8) is 0 Å². The molecule has 1 heterocycles. The number of non-ortho nitro benzene ring substituents is 1. The molecule has 0 atom stereocenters. The van der Waals surface area contributed by atoms with Crippen LogP contribution in [0.5, 0.6) is 0 Å². The van der Waals surface area contributed by atoms with Gasteiger partial charge in [0.25, 0.3) is 5.69 Å². The van der Waals surface area contributed by atoms with E-state index in [4.69, 9.17) is 0 Å². The number of carbonyl (C=O) groups excluding carboxylic acids is 1. The third-order valence-corrected chi connectivity index (χ3v) is 4.37. The molecule has 1 aromatic carbocycles. The standard InChI is InChI=1S/C16H18N2O3/c19-16(11-5-3-1-2-4-6-11)14-10-17-15-8-7-12(18(20)21)9-13(14)15/h7-11,17H,1-6H2. The molecule has 0 amide bonds. The Kier molecular flexibility index (Phi) is 3.73. The fourth-order valence-electron chi connectivity index (χ4n) is 3.19. The van der Waals surface area contributed by atoms with Crippen LogP contribution in [-0.4, -0.2) is 15.7 Å². The minimum atomic E-state index is -0.424. The van der Waals surface area contributed by atoms with E-state index in [0.29, 0.717) is 10.9 Å². The lowest BCUT2D eigenvalue weighted by Gasteiger charge is -2.11. The Labute approximate surface area is 122 Å². The molecule has 0 spiro atoms. The highest BCUT2D eigenvalue weighted by molar-refractivity contribution is 6.09. The van der Waals surface area contributed by atoms with Crippen LogP contribution in [0.4, 0.5) is 5.69 Å². The van der Waals surface area contributed by atoms with Crippen LogP contribution in [0, 0.1) is 16.0 Å². The molecule has 1 aliphatic carbocycles. The Balaban J connectivity index is 1.97. The monoisotopic (exact) mass is 286 g/mol. The second kappa shape index (κ2) is 5.68. The number of hydrogen-bond acceptors (Lipinski definition) is 3. The molecule has 1 fully saturated rings. The highest BCUT2D eigenvalue weighted by Crippen LogP contribution is 2.30. The molecule has 0 bridgehead atoms. The molecule has 3 rings (SSSR count). The fraction of sp³-hybridized carbons (Fsp3) is 0.438. The Morgan fingerprint density at radius 3 is 2.57 bits per heavy atom. The zero-order valence-corrected chi connectivity index (χ0v) is 11.8. The Hall–Kier alpha value is -2.17. The number of nitro groups is 1. The SMILES string of the molecule is O=C(c1c[nH]c2ccc([N+](=O)[O-])cc12)C1CCCCCC1. The summed E-state index contributed by atoms with van der Waals surface area (Å²) < 4.78 is 0. The lowest BCUT2D eigenvalue weighted by Crippen LogP contribution is -2.13. The smallest absolute Gasteiger partial charge is 0.270 e. The number of nitrogens with zero attached hydrogens (tertiary/aromatic N) is 1. The van der Waals surface area contributed by atoms with Crippen LogP contribution in [0.2, 0.25) is 0 Å². The van der Waals surface area contributed by atoms with Crippen LogP contribution in [0.3, 0.4) is 0 Å².